The predicted octanol–water partition coefficient (Wildman–Crippen LogP) is 3.90. The van der Waals surface area contributed by atoms with Gasteiger partial charge in [-0.1, -0.05) is 40.7 Å². The van der Waals surface area contributed by atoms with Gasteiger partial charge in [0.25, 0.3) is 0 Å². The summed E-state index contributed by atoms with van der Waals surface area (Å²) in [6.07, 6.45) is 1.75. The molecule has 2 N–H and O–H groups in total. The van der Waals surface area contributed by atoms with Crippen LogP contribution in [0.3, 0.4) is 0 Å². The van der Waals surface area contributed by atoms with Crippen LogP contribution in [0.15, 0.2) is 31.9 Å². The third kappa shape index (κ3) is 4.27. The minimum Gasteiger partial charge on any atom is -0.328 e. The van der Waals surface area contributed by atoms with Crippen LogP contribution in [0, 0.1) is 0 Å². The highest BCUT2D eigenvalue weighted by atomic mass is 79.9. The average molecular weight is 358 g/mol. The van der Waals surface area contributed by atoms with Gasteiger partial charge in [0.2, 0.25) is 0 Å². The van der Waals surface area contributed by atoms with Gasteiger partial charge in [-0.2, -0.15) is 4.37 Å². The van der Waals surface area contributed by atoms with Gasteiger partial charge in [0, 0.05) is 21.8 Å². The van der Waals surface area contributed by atoms with E-state index in [2.05, 4.69) is 50.4 Å². The molecule has 0 bridgehead atoms. The molecule has 19 heavy (non-hydrogen) atoms. The number of hydrogen-bond acceptors (Lipinski definition) is 5. The Hall–Kier alpha value is -0.430. The Morgan fingerprint density at radius 1 is 1.47 bits per heavy atom. The first-order chi connectivity index (χ1) is 9.08. The molecule has 0 aliphatic rings. The van der Waals surface area contributed by atoms with E-state index in [1.165, 1.54) is 22.0 Å². The van der Waals surface area contributed by atoms with Gasteiger partial charge in [-0.15, -0.1) is 0 Å². The molecule has 6 heteroatoms. The van der Waals surface area contributed by atoms with E-state index in [-0.39, 0.29) is 6.04 Å². The van der Waals surface area contributed by atoms with Crippen molar-refractivity contribution in [1.29, 1.82) is 0 Å². The molecule has 102 valence electrons. The first-order valence-electron chi connectivity index (χ1n) is 6.13. The molecular formula is C13H16BrN3S2. The standard InChI is InChI=1S/C13H16BrN3S2/c1-3-12-16-13(19-17-12)18-11-7-10(14)5-4-9(11)6-8(2)15/h4-5,7-8H,3,6,15H2,1-2H3. The molecule has 1 heterocycles. The normalized spacial score (nSPS) is 12.6. The van der Waals surface area contributed by atoms with Gasteiger partial charge in [0.15, 0.2) is 4.34 Å². The van der Waals surface area contributed by atoms with Crippen molar-refractivity contribution in [3.63, 3.8) is 0 Å². The van der Waals surface area contributed by atoms with Gasteiger partial charge < -0.3 is 5.73 Å². The summed E-state index contributed by atoms with van der Waals surface area (Å²) in [7, 11) is 0. The zero-order valence-corrected chi connectivity index (χ0v) is 14.1. The second kappa shape index (κ2) is 6.83. The molecule has 0 radical (unpaired) electrons. The molecule has 0 fully saturated rings. The molecule has 1 unspecified atom stereocenters. The highest BCUT2D eigenvalue weighted by Crippen LogP contribution is 2.34. The Bertz CT molecular complexity index is 555. The van der Waals surface area contributed by atoms with E-state index >= 15 is 0 Å². The summed E-state index contributed by atoms with van der Waals surface area (Å²) in [4.78, 5) is 5.70. The van der Waals surface area contributed by atoms with Crippen molar-refractivity contribution >= 4 is 39.2 Å². The summed E-state index contributed by atoms with van der Waals surface area (Å²) in [5, 5.41) is 0. The first kappa shape index (κ1) is 15.0. The topological polar surface area (TPSA) is 51.8 Å². The van der Waals surface area contributed by atoms with Crippen LogP contribution in [0.1, 0.15) is 25.2 Å². The molecule has 2 rings (SSSR count). The molecule has 0 aliphatic heterocycles. The molecule has 2 aromatic rings. The van der Waals surface area contributed by atoms with Gasteiger partial charge in [-0.25, -0.2) is 4.98 Å². The highest BCUT2D eigenvalue weighted by Gasteiger charge is 2.10. The lowest BCUT2D eigenvalue weighted by Crippen LogP contribution is -2.18. The van der Waals surface area contributed by atoms with E-state index in [9.17, 15) is 0 Å². The van der Waals surface area contributed by atoms with Crippen LogP contribution >= 0.6 is 39.2 Å². The number of nitrogens with two attached hydrogens (primary N) is 1. The SMILES string of the molecule is CCc1nsc(Sc2cc(Br)ccc2CC(C)N)n1. The van der Waals surface area contributed by atoms with E-state index in [0.717, 1.165) is 27.5 Å². The van der Waals surface area contributed by atoms with Crippen molar-refractivity contribution in [2.45, 2.75) is 42.0 Å². The van der Waals surface area contributed by atoms with Crippen molar-refractivity contribution < 1.29 is 0 Å². The van der Waals surface area contributed by atoms with Crippen molar-refractivity contribution in [3.8, 4) is 0 Å². The maximum Gasteiger partial charge on any atom is 0.174 e. The zero-order chi connectivity index (χ0) is 13.8. The van der Waals surface area contributed by atoms with Crippen LogP contribution in [0.2, 0.25) is 0 Å². The lowest BCUT2D eigenvalue weighted by atomic mass is 10.1. The smallest absolute Gasteiger partial charge is 0.174 e. The second-order valence-corrected chi connectivity index (χ2v) is 7.32. The van der Waals surface area contributed by atoms with Crippen LogP contribution in [0.5, 0.6) is 0 Å². The summed E-state index contributed by atoms with van der Waals surface area (Å²) in [5.41, 5.74) is 7.16. The Morgan fingerprint density at radius 2 is 2.26 bits per heavy atom. The van der Waals surface area contributed by atoms with E-state index < -0.39 is 0 Å². The van der Waals surface area contributed by atoms with Crippen molar-refractivity contribution in [3.05, 3.63) is 34.1 Å². The minimum atomic E-state index is 0.154. The lowest BCUT2D eigenvalue weighted by molar-refractivity contribution is 0.729. The van der Waals surface area contributed by atoms with E-state index in [1.807, 2.05) is 6.92 Å². The monoisotopic (exact) mass is 357 g/mol. The van der Waals surface area contributed by atoms with E-state index in [0.29, 0.717) is 0 Å². The number of rotatable bonds is 5. The van der Waals surface area contributed by atoms with Gasteiger partial charge in [-0.3, -0.25) is 0 Å². The second-order valence-electron chi connectivity index (χ2n) is 4.37. The van der Waals surface area contributed by atoms with Gasteiger partial charge in [0.05, 0.1) is 0 Å². The Balaban J connectivity index is 2.24. The third-order valence-corrected chi connectivity index (χ3v) is 4.92. The fourth-order valence-corrected chi connectivity index (χ4v) is 4.01. The summed E-state index contributed by atoms with van der Waals surface area (Å²) in [6.45, 7) is 4.09. The van der Waals surface area contributed by atoms with Crippen molar-refractivity contribution in [1.82, 2.24) is 9.36 Å². The van der Waals surface area contributed by atoms with Crippen LogP contribution in [-0.2, 0) is 12.8 Å². The summed E-state index contributed by atoms with van der Waals surface area (Å²) in [5.74, 6) is 0.913. The zero-order valence-electron chi connectivity index (χ0n) is 10.9. The molecule has 1 atom stereocenters. The highest BCUT2D eigenvalue weighted by molar-refractivity contribution is 9.10. The number of aromatic nitrogens is 2. The lowest BCUT2D eigenvalue weighted by Gasteiger charge is -2.10. The quantitative estimate of drug-likeness (QED) is 0.881. The molecule has 0 saturated heterocycles. The number of aryl methyl sites for hydroxylation is 1. The van der Waals surface area contributed by atoms with Crippen molar-refractivity contribution in [2.75, 3.05) is 0 Å². The summed E-state index contributed by atoms with van der Waals surface area (Å²) in [6, 6.07) is 6.45. The minimum absolute atomic E-state index is 0.154. The molecule has 3 nitrogen and oxygen atoms in total. The van der Waals surface area contributed by atoms with Crippen LogP contribution in [0.25, 0.3) is 0 Å². The fraction of sp³-hybridized carbons (Fsp3) is 0.385. The summed E-state index contributed by atoms with van der Waals surface area (Å²) < 4.78 is 6.38. The van der Waals surface area contributed by atoms with Crippen LogP contribution in [0.4, 0.5) is 0 Å². The molecule has 0 amide bonds. The van der Waals surface area contributed by atoms with Gasteiger partial charge in [0.1, 0.15) is 5.82 Å². The average Bonchev–Trinajstić information content (AvgIpc) is 2.80. The molecule has 0 aliphatic carbocycles. The number of benzene rings is 1. The molecule has 0 spiro atoms. The Kier molecular flexibility index (Phi) is 5.38. The first-order valence-corrected chi connectivity index (χ1v) is 8.51. The number of halogens is 1. The Morgan fingerprint density at radius 3 is 2.89 bits per heavy atom. The number of nitrogens with zero attached hydrogens (tertiary/aromatic N) is 2. The van der Waals surface area contributed by atoms with E-state index in [1.54, 1.807) is 11.8 Å². The number of hydrogen-bond donors (Lipinski definition) is 1. The van der Waals surface area contributed by atoms with Crippen LogP contribution in [-0.4, -0.2) is 15.4 Å². The molecular weight excluding hydrogens is 342 g/mol. The Labute approximate surface area is 130 Å². The van der Waals surface area contributed by atoms with Crippen molar-refractivity contribution in [2.24, 2.45) is 5.73 Å². The van der Waals surface area contributed by atoms with E-state index in [4.69, 9.17) is 5.73 Å². The molecule has 1 aromatic heterocycles. The van der Waals surface area contributed by atoms with Gasteiger partial charge in [-0.05, 0) is 42.6 Å². The maximum atomic E-state index is 5.90. The van der Waals surface area contributed by atoms with Gasteiger partial charge >= 0.3 is 0 Å². The maximum absolute atomic E-state index is 5.90. The molecule has 1 aromatic carbocycles. The molecule has 0 saturated carbocycles. The predicted molar refractivity (Wildman–Crippen MR) is 84.9 cm³/mol. The summed E-state index contributed by atoms with van der Waals surface area (Å²) >= 11 is 6.64. The fourth-order valence-electron chi connectivity index (χ4n) is 1.66. The van der Waals surface area contributed by atoms with Crippen LogP contribution < -0.4 is 5.73 Å². The largest absolute Gasteiger partial charge is 0.328 e. The third-order valence-electron chi connectivity index (χ3n) is 2.53.